The lowest BCUT2D eigenvalue weighted by Crippen LogP contribution is -2.44. The first-order valence-corrected chi connectivity index (χ1v) is 6.24. The van der Waals surface area contributed by atoms with Crippen molar-refractivity contribution < 1.29 is 14.6 Å². The summed E-state index contributed by atoms with van der Waals surface area (Å²) in [5.74, 6) is 0. The summed E-state index contributed by atoms with van der Waals surface area (Å²) in [6.07, 6.45) is -0.443. The van der Waals surface area contributed by atoms with Crippen LogP contribution in [0.5, 0.6) is 0 Å². The van der Waals surface area contributed by atoms with Gasteiger partial charge in [0, 0.05) is 19.7 Å². The number of likely N-dealkylation sites (N-methyl/N-ethyl adjacent to an activating group) is 1. The maximum atomic E-state index is 9.83. The lowest BCUT2D eigenvalue weighted by Gasteiger charge is -2.36. The van der Waals surface area contributed by atoms with Crippen LogP contribution in [0, 0.1) is 5.41 Å². The van der Waals surface area contributed by atoms with Gasteiger partial charge in [0.2, 0.25) is 0 Å². The fraction of sp³-hybridized carbons (Fsp3) is 1.00. The summed E-state index contributed by atoms with van der Waals surface area (Å²) in [4.78, 5) is 2.17. The van der Waals surface area contributed by atoms with E-state index in [1.807, 2.05) is 7.05 Å². The van der Waals surface area contributed by atoms with Gasteiger partial charge in [-0.2, -0.15) is 0 Å². The average molecular weight is 247 g/mol. The molecule has 0 heterocycles. The lowest BCUT2D eigenvalue weighted by atomic mass is 9.87. The third-order valence-electron chi connectivity index (χ3n) is 3.16. The molecule has 4 nitrogen and oxygen atoms in total. The van der Waals surface area contributed by atoms with Crippen LogP contribution in [0.15, 0.2) is 0 Å². The highest BCUT2D eigenvalue weighted by molar-refractivity contribution is 4.78. The number of hydrogen-bond donors (Lipinski definition) is 1. The molecule has 0 saturated heterocycles. The Kier molecular flexibility index (Phi) is 7.96. The molecule has 104 valence electrons. The average Bonchev–Trinajstić information content (AvgIpc) is 2.22. The molecule has 0 aromatic heterocycles. The van der Waals surface area contributed by atoms with E-state index in [0.717, 1.165) is 0 Å². The Labute approximate surface area is 106 Å². The second kappa shape index (κ2) is 8.03. The zero-order valence-electron chi connectivity index (χ0n) is 12.2. The number of rotatable bonds is 8. The number of aliphatic hydroxyl groups excluding tert-OH is 1. The topological polar surface area (TPSA) is 41.9 Å². The summed E-state index contributed by atoms with van der Waals surface area (Å²) in [6, 6.07) is 0.413. The monoisotopic (exact) mass is 247 g/mol. The molecule has 0 rings (SSSR count). The Morgan fingerprint density at radius 3 is 2.29 bits per heavy atom. The highest BCUT2D eigenvalue weighted by atomic mass is 16.5. The molecule has 0 spiro atoms. The minimum atomic E-state index is -0.443. The molecule has 0 amide bonds. The van der Waals surface area contributed by atoms with E-state index in [9.17, 15) is 5.11 Å². The van der Waals surface area contributed by atoms with Gasteiger partial charge >= 0.3 is 0 Å². The standard InChI is InChI=1S/C13H29NO3/c1-11(13(2,3)4)14(5)9-12(15)10-17-8-7-16-6/h11-12,15H,7-10H2,1-6H3. The zero-order chi connectivity index (χ0) is 13.5. The highest BCUT2D eigenvalue weighted by Crippen LogP contribution is 2.22. The third-order valence-corrected chi connectivity index (χ3v) is 3.16. The van der Waals surface area contributed by atoms with Crippen LogP contribution in [0.25, 0.3) is 0 Å². The molecule has 0 aliphatic rings. The van der Waals surface area contributed by atoms with Gasteiger partial charge in [0.15, 0.2) is 0 Å². The first-order chi connectivity index (χ1) is 7.79. The smallest absolute Gasteiger partial charge is 0.0900 e. The Bertz CT molecular complexity index is 192. The van der Waals surface area contributed by atoms with Crippen LogP contribution in [-0.4, -0.2) is 62.7 Å². The van der Waals surface area contributed by atoms with Crippen molar-refractivity contribution in [3.8, 4) is 0 Å². The van der Waals surface area contributed by atoms with E-state index < -0.39 is 6.10 Å². The van der Waals surface area contributed by atoms with Crippen LogP contribution in [0.2, 0.25) is 0 Å². The van der Waals surface area contributed by atoms with Crippen molar-refractivity contribution in [3.05, 3.63) is 0 Å². The Morgan fingerprint density at radius 2 is 1.82 bits per heavy atom. The van der Waals surface area contributed by atoms with Crippen LogP contribution in [-0.2, 0) is 9.47 Å². The number of aliphatic hydroxyl groups is 1. The van der Waals surface area contributed by atoms with Gasteiger partial charge in [0.1, 0.15) is 0 Å². The summed E-state index contributed by atoms with van der Waals surface area (Å²) >= 11 is 0. The number of ether oxygens (including phenoxy) is 2. The van der Waals surface area contributed by atoms with Crippen LogP contribution in [0.3, 0.4) is 0 Å². The van der Waals surface area contributed by atoms with E-state index in [1.54, 1.807) is 7.11 Å². The Hall–Kier alpha value is -0.160. The molecule has 4 heteroatoms. The van der Waals surface area contributed by atoms with Gasteiger partial charge in [0.25, 0.3) is 0 Å². The quantitative estimate of drug-likeness (QED) is 0.658. The number of hydrogen-bond acceptors (Lipinski definition) is 4. The lowest BCUT2D eigenvalue weighted by molar-refractivity contribution is -0.00814. The van der Waals surface area contributed by atoms with Crippen molar-refractivity contribution >= 4 is 0 Å². The fourth-order valence-electron chi connectivity index (χ4n) is 1.57. The molecule has 2 unspecified atom stereocenters. The molecule has 1 N–H and O–H groups in total. The maximum Gasteiger partial charge on any atom is 0.0900 e. The molecule has 0 aromatic rings. The molecule has 0 aliphatic heterocycles. The van der Waals surface area contributed by atoms with E-state index in [4.69, 9.17) is 9.47 Å². The normalized spacial score (nSPS) is 16.2. The predicted octanol–water partition coefficient (Wildman–Crippen LogP) is 1.38. The minimum Gasteiger partial charge on any atom is -0.389 e. The van der Waals surface area contributed by atoms with Crippen LogP contribution in [0.1, 0.15) is 27.7 Å². The zero-order valence-corrected chi connectivity index (χ0v) is 12.2. The van der Waals surface area contributed by atoms with E-state index in [1.165, 1.54) is 0 Å². The molecule has 17 heavy (non-hydrogen) atoms. The first-order valence-electron chi connectivity index (χ1n) is 6.24. The van der Waals surface area contributed by atoms with Crippen molar-refractivity contribution in [1.82, 2.24) is 4.90 Å². The Balaban J connectivity index is 3.83. The molecule has 0 radical (unpaired) electrons. The van der Waals surface area contributed by atoms with Crippen molar-refractivity contribution in [2.24, 2.45) is 5.41 Å². The molecule has 0 bridgehead atoms. The first kappa shape index (κ1) is 16.8. The summed E-state index contributed by atoms with van der Waals surface area (Å²) in [5.41, 5.74) is 0.214. The SMILES string of the molecule is COCCOCC(O)CN(C)C(C)C(C)(C)C. The molecular formula is C13H29NO3. The van der Waals surface area contributed by atoms with Crippen LogP contribution >= 0.6 is 0 Å². The van der Waals surface area contributed by atoms with Gasteiger partial charge in [-0.05, 0) is 19.4 Å². The van der Waals surface area contributed by atoms with Crippen LogP contribution in [0.4, 0.5) is 0 Å². The van der Waals surface area contributed by atoms with Crippen molar-refractivity contribution in [1.29, 1.82) is 0 Å². The van der Waals surface area contributed by atoms with Crippen molar-refractivity contribution in [3.63, 3.8) is 0 Å². The Morgan fingerprint density at radius 1 is 1.24 bits per heavy atom. The van der Waals surface area contributed by atoms with E-state index in [0.29, 0.717) is 32.4 Å². The van der Waals surface area contributed by atoms with Crippen LogP contribution < -0.4 is 0 Å². The highest BCUT2D eigenvalue weighted by Gasteiger charge is 2.24. The van der Waals surface area contributed by atoms with Gasteiger partial charge in [-0.1, -0.05) is 20.8 Å². The molecule has 0 aromatic carbocycles. The summed E-state index contributed by atoms with van der Waals surface area (Å²) in [7, 11) is 3.67. The predicted molar refractivity (Wildman–Crippen MR) is 70.2 cm³/mol. The minimum absolute atomic E-state index is 0.214. The van der Waals surface area contributed by atoms with Crippen molar-refractivity contribution in [2.75, 3.05) is 40.5 Å². The third kappa shape index (κ3) is 7.71. The molecule has 0 saturated carbocycles. The van der Waals surface area contributed by atoms with E-state index in [2.05, 4.69) is 32.6 Å². The van der Waals surface area contributed by atoms with Crippen molar-refractivity contribution in [2.45, 2.75) is 39.8 Å². The second-order valence-electron chi connectivity index (χ2n) is 5.70. The summed E-state index contributed by atoms with van der Waals surface area (Å²) in [5, 5.41) is 9.83. The van der Waals surface area contributed by atoms with Gasteiger partial charge in [-0.15, -0.1) is 0 Å². The fourth-order valence-corrected chi connectivity index (χ4v) is 1.57. The van der Waals surface area contributed by atoms with Gasteiger partial charge in [0.05, 0.1) is 25.9 Å². The number of methoxy groups -OCH3 is 1. The molecular weight excluding hydrogens is 218 g/mol. The summed E-state index contributed by atoms with van der Waals surface area (Å²) in [6.45, 7) is 10.9. The maximum absolute atomic E-state index is 9.83. The van der Waals surface area contributed by atoms with Gasteiger partial charge in [-0.25, -0.2) is 0 Å². The van der Waals surface area contributed by atoms with E-state index >= 15 is 0 Å². The molecule has 2 atom stereocenters. The largest absolute Gasteiger partial charge is 0.389 e. The van der Waals surface area contributed by atoms with Gasteiger partial charge in [-0.3, -0.25) is 0 Å². The second-order valence-corrected chi connectivity index (χ2v) is 5.70. The number of nitrogens with zero attached hydrogens (tertiary/aromatic N) is 1. The van der Waals surface area contributed by atoms with E-state index in [-0.39, 0.29) is 5.41 Å². The molecule has 0 aliphatic carbocycles. The summed E-state index contributed by atoms with van der Waals surface area (Å²) < 4.78 is 10.2. The van der Waals surface area contributed by atoms with Gasteiger partial charge < -0.3 is 19.5 Å². The molecule has 0 fully saturated rings.